The second-order valence-electron chi connectivity index (χ2n) is 5.15. The molecule has 0 bridgehead atoms. The third-order valence-electron chi connectivity index (χ3n) is 3.68. The second kappa shape index (κ2) is 6.83. The summed E-state index contributed by atoms with van der Waals surface area (Å²) < 4.78 is 1.28. The summed E-state index contributed by atoms with van der Waals surface area (Å²) in [6.07, 6.45) is 2.09. The normalized spacial score (nSPS) is 12.6. The van der Waals surface area contributed by atoms with Gasteiger partial charge in [0.2, 0.25) is 0 Å². The van der Waals surface area contributed by atoms with E-state index in [1.807, 2.05) is 6.07 Å². The van der Waals surface area contributed by atoms with Gasteiger partial charge in [0.25, 0.3) is 0 Å². The number of hydrogen-bond donors (Lipinski definition) is 1. The van der Waals surface area contributed by atoms with Crippen molar-refractivity contribution in [1.29, 1.82) is 0 Å². The van der Waals surface area contributed by atoms with Gasteiger partial charge in [-0.3, -0.25) is 0 Å². The molecule has 3 rings (SSSR count). The Morgan fingerprint density at radius 2 is 1.81 bits per heavy atom. The molecule has 0 saturated carbocycles. The summed E-state index contributed by atoms with van der Waals surface area (Å²) in [6.45, 7) is 3.19. The van der Waals surface area contributed by atoms with E-state index < -0.39 is 0 Å². The van der Waals surface area contributed by atoms with Crippen LogP contribution in [0.5, 0.6) is 0 Å². The van der Waals surface area contributed by atoms with Crippen molar-refractivity contribution in [2.75, 3.05) is 6.54 Å². The zero-order valence-corrected chi connectivity index (χ0v) is 13.1. The summed E-state index contributed by atoms with van der Waals surface area (Å²) >= 11 is 1.80. The van der Waals surface area contributed by atoms with E-state index in [0.717, 1.165) is 24.9 Å². The van der Waals surface area contributed by atoms with Crippen molar-refractivity contribution in [3.63, 3.8) is 0 Å². The Balaban J connectivity index is 1.60. The number of benzene rings is 2. The highest BCUT2D eigenvalue weighted by molar-refractivity contribution is 7.18. The molecule has 0 saturated heterocycles. The highest BCUT2D eigenvalue weighted by Crippen LogP contribution is 2.22. The fourth-order valence-electron chi connectivity index (χ4n) is 2.56. The van der Waals surface area contributed by atoms with Crippen LogP contribution in [0.1, 0.15) is 30.0 Å². The van der Waals surface area contributed by atoms with Crippen LogP contribution in [0.3, 0.4) is 0 Å². The zero-order valence-electron chi connectivity index (χ0n) is 12.3. The van der Waals surface area contributed by atoms with E-state index in [2.05, 4.69) is 65.8 Å². The monoisotopic (exact) mass is 296 g/mol. The summed E-state index contributed by atoms with van der Waals surface area (Å²) in [6, 6.07) is 19.4. The van der Waals surface area contributed by atoms with E-state index in [1.165, 1.54) is 15.3 Å². The molecular formula is C18H20N2S. The molecule has 3 aromatic rings. The molecule has 0 aliphatic heterocycles. The van der Waals surface area contributed by atoms with Crippen LogP contribution in [-0.2, 0) is 6.42 Å². The van der Waals surface area contributed by atoms with Crippen LogP contribution < -0.4 is 5.32 Å². The Hall–Kier alpha value is -1.71. The van der Waals surface area contributed by atoms with Gasteiger partial charge in [-0.2, -0.15) is 0 Å². The lowest BCUT2D eigenvalue weighted by Gasteiger charge is -2.16. The maximum Gasteiger partial charge on any atom is 0.0951 e. The molecule has 2 aromatic carbocycles. The number of aromatic nitrogens is 1. The van der Waals surface area contributed by atoms with Gasteiger partial charge in [-0.05, 0) is 24.1 Å². The van der Waals surface area contributed by atoms with Crippen molar-refractivity contribution in [1.82, 2.24) is 10.3 Å². The molecule has 21 heavy (non-hydrogen) atoms. The number of thiazole rings is 1. The average molecular weight is 296 g/mol. The summed E-state index contributed by atoms with van der Waals surface area (Å²) in [4.78, 5) is 4.69. The van der Waals surface area contributed by atoms with Crippen molar-refractivity contribution in [3.05, 3.63) is 65.2 Å². The zero-order chi connectivity index (χ0) is 14.5. The first-order chi connectivity index (χ1) is 10.4. The van der Waals surface area contributed by atoms with E-state index in [1.54, 1.807) is 11.3 Å². The lowest BCUT2D eigenvalue weighted by molar-refractivity contribution is 0.522. The number of hydrogen-bond acceptors (Lipinski definition) is 3. The first-order valence-corrected chi connectivity index (χ1v) is 8.31. The lowest BCUT2D eigenvalue weighted by atomic mass is 10.0. The number of nitrogens with zero attached hydrogens (tertiary/aromatic N) is 1. The molecule has 1 N–H and O–H groups in total. The van der Waals surface area contributed by atoms with Crippen molar-refractivity contribution in [3.8, 4) is 0 Å². The summed E-state index contributed by atoms with van der Waals surface area (Å²) in [5.74, 6) is 0. The molecule has 0 aliphatic rings. The molecule has 0 amide bonds. The molecule has 0 spiro atoms. The van der Waals surface area contributed by atoms with Gasteiger partial charge in [0, 0.05) is 19.0 Å². The van der Waals surface area contributed by atoms with Gasteiger partial charge in [0.1, 0.15) is 0 Å². The third-order valence-corrected chi connectivity index (χ3v) is 4.77. The van der Waals surface area contributed by atoms with Crippen molar-refractivity contribution < 1.29 is 0 Å². The largest absolute Gasteiger partial charge is 0.310 e. The molecule has 1 heterocycles. The summed E-state index contributed by atoms with van der Waals surface area (Å²) in [7, 11) is 0. The summed E-state index contributed by atoms with van der Waals surface area (Å²) in [5.41, 5.74) is 2.48. The minimum Gasteiger partial charge on any atom is -0.310 e. The maximum atomic E-state index is 4.69. The molecule has 3 heteroatoms. The standard InChI is InChI=1S/C18H20N2S/c1-2-15(14-8-4-3-5-9-14)19-13-12-18-20-16-10-6-7-11-17(16)21-18/h3-11,15,19H,2,12-13H2,1H3. The molecule has 0 fully saturated rings. The van der Waals surface area contributed by atoms with Crippen LogP contribution in [0.4, 0.5) is 0 Å². The van der Waals surface area contributed by atoms with Gasteiger partial charge in [0.15, 0.2) is 0 Å². The van der Waals surface area contributed by atoms with E-state index in [0.29, 0.717) is 6.04 Å². The highest BCUT2D eigenvalue weighted by atomic mass is 32.1. The minimum atomic E-state index is 0.431. The van der Waals surface area contributed by atoms with Crippen LogP contribution in [0, 0.1) is 0 Å². The molecule has 1 unspecified atom stereocenters. The van der Waals surface area contributed by atoms with Gasteiger partial charge in [-0.1, -0.05) is 49.4 Å². The van der Waals surface area contributed by atoms with E-state index in [9.17, 15) is 0 Å². The molecular weight excluding hydrogens is 276 g/mol. The average Bonchev–Trinajstić information content (AvgIpc) is 2.95. The Kier molecular flexibility index (Phi) is 4.63. The van der Waals surface area contributed by atoms with Crippen LogP contribution in [0.15, 0.2) is 54.6 Å². The van der Waals surface area contributed by atoms with Crippen LogP contribution in [0.2, 0.25) is 0 Å². The quantitative estimate of drug-likeness (QED) is 0.720. The Labute approximate surface area is 129 Å². The topological polar surface area (TPSA) is 24.9 Å². The third kappa shape index (κ3) is 3.49. The SMILES string of the molecule is CCC(NCCc1nc2ccccc2s1)c1ccccc1. The minimum absolute atomic E-state index is 0.431. The molecule has 2 nitrogen and oxygen atoms in total. The number of fused-ring (bicyclic) bond motifs is 1. The summed E-state index contributed by atoms with van der Waals surface area (Å²) in [5, 5.41) is 4.86. The fraction of sp³-hybridized carbons (Fsp3) is 0.278. The lowest BCUT2D eigenvalue weighted by Crippen LogP contribution is -2.23. The maximum absolute atomic E-state index is 4.69. The first kappa shape index (κ1) is 14.2. The van der Waals surface area contributed by atoms with Gasteiger partial charge in [-0.15, -0.1) is 11.3 Å². The number of rotatable bonds is 6. The fourth-order valence-corrected chi connectivity index (χ4v) is 3.53. The van der Waals surface area contributed by atoms with Crippen molar-refractivity contribution in [2.45, 2.75) is 25.8 Å². The Morgan fingerprint density at radius 3 is 2.57 bits per heavy atom. The van der Waals surface area contributed by atoms with Crippen LogP contribution in [-0.4, -0.2) is 11.5 Å². The van der Waals surface area contributed by atoms with Crippen LogP contribution in [0.25, 0.3) is 10.2 Å². The van der Waals surface area contributed by atoms with Crippen LogP contribution >= 0.6 is 11.3 Å². The van der Waals surface area contributed by atoms with E-state index in [-0.39, 0.29) is 0 Å². The first-order valence-electron chi connectivity index (χ1n) is 7.49. The van der Waals surface area contributed by atoms with E-state index >= 15 is 0 Å². The number of para-hydroxylation sites is 1. The second-order valence-corrected chi connectivity index (χ2v) is 6.27. The molecule has 1 aromatic heterocycles. The predicted molar refractivity (Wildman–Crippen MR) is 90.8 cm³/mol. The van der Waals surface area contributed by atoms with E-state index in [4.69, 9.17) is 0 Å². The van der Waals surface area contributed by atoms with Gasteiger partial charge >= 0.3 is 0 Å². The molecule has 0 radical (unpaired) electrons. The Morgan fingerprint density at radius 1 is 1.05 bits per heavy atom. The van der Waals surface area contributed by atoms with Gasteiger partial charge in [0.05, 0.1) is 15.2 Å². The molecule has 108 valence electrons. The smallest absolute Gasteiger partial charge is 0.0951 e. The molecule has 0 aliphatic carbocycles. The van der Waals surface area contributed by atoms with Crippen molar-refractivity contribution >= 4 is 21.6 Å². The predicted octanol–water partition coefficient (Wildman–Crippen LogP) is 4.58. The van der Waals surface area contributed by atoms with Crippen molar-refractivity contribution in [2.24, 2.45) is 0 Å². The van der Waals surface area contributed by atoms with Gasteiger partial charge in [-0.25, -0.2) is 4.98 Å². The highest BCUT2D eigenvalue weighted by Gasteiger charge is 2.08. The number of nitrogens with one attached hydrogen (secondary N) is 1. The Bertz CT molecular complexity index is 658. The van der Waals surface area contributed by atoms with Gasteiger partial charge < -0.3 is 5.32 Å². The molecule has 1 atom stereocenters.